The zero-order chi connectivity index (χ0) is 15.8. The quantitative estimate of drug-likeness (QED) is 0.688. The lowest BCUT2D eigenvalue weighted by molar-refractivity contribution is -0.114. The first-order valence-corrected chi connectivity index (χ1v) is 7.45. The average molecular weight is 298 g/mol. The van der Waals surface area contributed by atoms with Gasteiger partial charge in [0.1, 0.15) is 0 Å². The first-order valence-electron chi connectivity index (χ1n) is 7.45. The van der Waals surface area contributed by atoms with E-state index < -0.39 is 6.10 Å². The number of carbonyl (C=O) groups is 1. The third-order valence-electron chi connectivity index (χ3n) is 3.39. The topological polar surface area (TPSA) is 61.4 Å². The summed E-state index contributed by atoms with van der Waals surface area (Å²) in [7, 11) is 0. The van der Waals surface area contributed by atoms with Gasteiger partial charge in [0.15, 0.2) is 0 Å². The Morgan fingerprint density at radius 1 is 1.09 bits per heavy atom. The molecule has 0 aromatic heterocycles. The molecule has 0 aliphatic carbocycles. The molecule has 4 nitrogen and oxygen atoms in total. The summed E-state index contributed by atoms with van der Waals surface area (Å²) in [6.07, 6.45) is 0.394. The average Bonchev–Trinajstić information content (AvgIpc) is 2.53. The smallest absolute Gasteiger partial charge is 0.221 e. The molecule has 0 saturated carbocycles. The van der Waals surface area contributed by atoms with Crippen LogP contribution < -0.4 is 10.6 Å². The lowest BCUT2D eigenvalue weighted by Gasteiger charge is -2.12. The summed E-state index contributed by atoms with van der Waals surface area (Å²) < 4.78 is 0. The van der Waals surface area contributed by atoms with Gasteiger partial charge >= 0.3 is 0 Å². The number of anilines is 1. The fourth-order valence-electron chi connectivity index (χ4n) is 2.22. The number of benzene rings is 2. The summed E-state index contributed by atoms with van der Waals surface area (Å²) in [5, 5.41) is 16.0. The van der Waals surface area contributed by atoms with Crippen LogP contribution in [0.4, 0.5) is 5.69 Å². The molecule has 0 spiro atoms. The minimum absolute atomic E-state index is 0.0654. The maximum absolute atomic E-state index is 10.9. The first kappa shape index (κ1) is 16.2. The van der Waals surface area contributed by atoms with E-state index in [4.69, 9.17) is 0 Å². The van der Waals surface area contributed by atoms with Gasteiger partial charge in [-0.15, -0.1) is 0 Å². The van der Waals surface area contributed by atoms with E-state index >= 15 is 0 Å². The van der Waals surface area contributed by atoms with Crippen molar-refractivity contribution in [2.45, 2.75) is 19.4 Å². The maximum atomic E-state index is 10.9. The van der Waals surface area contributed by atoms with Gasteiger partial charge in [-0.3, -0.25) is 4.79 Å². The second-order valence-electron chi connectivity index (χ2n) is 5.26. The van der Waals surface area contributed by atoms with Crippen LogP contribution in [0.15, 0.2) is 54.6 Å². The Bertz CT molecular complexity index is 582. The van der Waals surface area contributed by atoms with E-state index in [2.05, 4.69) is 10.6 Å². The van der Waals surface area contributed by atoms with E-state index in [-0.39, 0.29) is 5.91 Å². The molecule has 2 aromatic carbocycles. The summed E-state index contributed by atoms with van der Waals surface area (Å²) in [6, 6.07) is 17.4. The van der Waals surface area contributed by atoms with Crippen LogP contribution in [0.5, 0.6) is 0 Å². The highest BCUT2D eigenvalue weighted by Crippen LogP contribution is 2.11. The van der Waals surface area contributed by atoms with Crippen LogP contribution in [-0.4, -0.2) is 24.1 Å². The summed E-state index contributed by atoms with van der Waals surface area (Å²) >= 11 is 0. The third-order valence-corrected chi connectivity index (χ3v) is 3.39. The van der Waals surface area contributed by atoms with Gasteiger partial charge in [-0.1, -0.05) is 42.5 Å². The SMILES string of the molecule is CC(=O)Nc1ccc(CCNC[C@H](O)c2ccccc2)cc1. The molecule has 3 N–H and O–H groups in total. The van der Waals surface area contributed by atoms with Gasteiger partial charge in [-0.05, 0) is 36.2 Å². The van der Waals surface area contributed by atoms with Gasteiger partial charge in [0.2, 0.25) is 5.91 Å². The number of aliphatic hydroxyl groups is 1. The summed E-state index contributed by atoms with van der Waals surface area (Å²) in [6.45, 7) is 2.83. The minimum Gasteiger partial charge on any atom is -0.387 e. The van der Waals surface area contributed by atoms with Crippen molar-refractivity contribution in [1.29, 1.82) is 0 Å². The van der Waals surface area contributed by atoms with Crippen molar-refractivity contribution in [3.05, 3.63) is 65.7 Å². The van der Waals surface area contributed by atoms with Crippen molar-refractivity contribution < 1.29 is 9.90 Å². The molecule has 0 bridgehead atoms. The largest absolute Gasteiger partial charge is 0.387 e. The molecule has 0 saturated heterocycles. The van der Waals surface area contributed by atoms with Crippen molar-refractivity contribution >= 4 is 11.6 Å². The van der Waals surface area contributed by atoms with Crippen LogP contribution in [0.25, 0.3) is 0 Å². The van der Waals surface area contributed by atoms with E-state index in [1.165, 1.54) is 12.5 Å². The van der Waals surface area contributed by atoms with Gasteiger partial charge in [0, 0.05) is 19.2 Å². The number of nitrogens with one attached hydrogen (secondary N) is 2. The van der Waals surface area contributed by atoms with Gasteiger partial charge in [0.05, 0.1) is 6.10 Å². The number of carbonyl (C=O) groups excluding carboxylic acids is 1. The van der Waals surface area contributed by atoms with Gasteiger partial charge in [-0.25, -0.2) is 0 Å². The molecule has 116 valence electrons. The number of rotatable bonds is 7. The van der Waals surface area contributed by atoms with Crippen molar-refractivity contribution in [2.24, 2.45) is 0 Å². The zero-order valence-electron chi connectivity index (χ0n) is 12.8. The lowest BCUT2D eigenvalue weighted by Crippen LogP contribution is -2.23. The molecule has 4 heteroatoms. The molecule has 0 aliphatic rings. The summed E-state index contributed by atoms with van der Waals surface area (Å²) in [5.74, 6) is -0.0654. The van der Waals surface area contributed by atoms with Crippen LogP contribution in [0.3, 0.4) is 0 Å². The Labute approximate surface area is 131 Å². The number of amides is 1. The van der Waals surface area contributed by atoms with Gasteiger partial charge < -0.3 is 15.7 Å². The van der Waals surface area contributed by atoms with Gasteiger partial charge in [-0.2, -0.15) is 0 Å². The monoisotopic (exact) mass is 298 g/mol. The molecule has 1 atom stereocenters. The van der Waals surface area contributed by atoms with Crippen molar-refractivity contribution in [1.82, 2.24) is 5.32 Å². The predicted molar refractivity (Wildman–Crippen MR) is 88.7 cm³/mol. The van der Waals surface area contributed by atoms with Crippen LogP contribution in [0, 0.1) is 0 Å². The Balaban J connectivity index is 1.71. The fourth-order valence-corrected chi connectivity index (χ4v) is 2.22. The Kier molecular flexibility index (Phi) is 6.13. The molecular formula is C18H22N2O2. The van der Waals surface area contributed by atoms with E-state index in [9.17, 15) is 9.90 Å². The third kappa shape index (κ3) is 5.31. The fraction of sp³-hybridized carbons (Fsp3) is 0.278. The van der Waals surface area contributed by atoms with Crippen molar-refractivity contribution in [3.8, 4) is 0 Å². The number of hydrogen-bond acceptors (Lipinski definition) is 3. The van der Waals surface area contributed by atoms with E-state index in [0.29, 0.717) is 6.54 Å². The Hall–Kier alpha value is -2.17. The van der Waals surface area contributed by atoms with Crippen LogP contribution in [0.1, 0.15) is 24.2 Å². The predicted octanol–water partition coefficient (Wildman–Crippen LogP) is 2.51. The van der Waals surface area contributed by atoms with Crippen molar-refractivity contribution in [3.63, 3.8) is 0 Å². The van der Waals surface area contributed by atoms with Crippen molar-refractivity contribution in [2.75, 3.05) is 18.4 Å². The molecule has 0 radical (unpaired) electrons. The molecule has 22 heavy (non-hydrogen) atoms. The zero-order valence-corrected chi connectivity index (χ0v) is 12.8. The number of aliphatic hydroxyl groups excluding tert-OH is 1. The normalized spacial score (nSPS) is 11.9. The molecule has 2 aromatic rings. The van der Waals surface area contributed by atoms with Crippen LogP contribution in [0.2, 0.25) is 0 Å². The minimum atomic E-state index is -0.483. The number of hydrogen-bond donors (Lipinski definition) is 3. The van der Waals surface area contributed by atoms with E-state index in [1.54, 1.807) is 0 Å². The molecular weight excluding hydrogens is 276 g/mol. The Morgan fingerprint density at radius 3 is 2.41 bits per heavy atom. The second kappa shape index (κ2) is 8.32. The first-order chi connectivity index (χ1) is 10.6. The Morgan fingerprint density at radius 2 is 1.77 bits per heavy atom. The summed E-state index contributed by atoms with van der Waals surface area (Å²) in [4.78, 5) is 10.9. The highest BCUT2D eigenvalue weighted by atomic mass is 16.3. The standard InChI is InChI=1S/C18H22N2O2/c1-14(21)20-17-9-7-15(8-10-17)11-12-19-13-18(22)16-5-3-2-4-6-16/h2-10,18-19,22H,11-13H2,1H3,(H,20,21)/t18-/m0/s1. The molecule has 0 unspecified atom stereocenters. The van der Waals surface area contributed by atoms with E-state index in [1.807, 2.05) is 54.6 Å². The highest BCUT2D eigenvalue weighted by molar-refractivity contribution is 5.88. The summed E-state index contributed by atoms with van der Waals surface area (Å²) in [5.41, 5.74) is 2.93. The molecule has 0 heterocycles. The van der Waals surface area contributed by atoms with Crippen LogP contribution in [-0.2, 0) is 11.2 Å². The van der Waals surface area contributed by atoms with Crippen LogP contribution >= 0.6 is 0 Å². The lowest BCUT2D eigenvalue weighted by atomic mass is 10.1. The second-order valence-corrected chi connectivity index (χ2v) is 5.26. The van der Waals surface area contributed by atoms with E-state index in [0.717, 1.165) is 24.2 Å². The maximum Gasteiger partial charge on any atom is 0.221 e. The van der Waals surface area contributed by atoms with Gasteiger partial charge in [0.25, 0.3) is 0 Å². The molecule has 1 amide bonds. The molecule has 0 aliphatic heterocycles. The molecule has 0 fully saturated rings. The molecule has 2 rings (SSSR count). The highest BCUT2D eigenvalue weighted by Gasteiger charge is 2.05.